The fourth-order valence-corrected chi connectivity index (χ4v) is 0.949. The van der Waals surface area contributed by atoms with E-state index in [-0.39, 0.29) is 12.2 Å². The normalized spacial score (nSPS) is 10.4. The molecule has 82 valence electrons. The highest BCUT2D eigenvalue weighted by molar-refractivity contribution is 5.93. The van der Waals surface area contributed by atoms with Crippen molar-refractivity contribution in [2.45, 2.75) is 6.92 Å². The van der Waals surface area contributed by atoms with Gasteiger partial charge in [0.2, 0.25) is 0 Å². The zero-order chi connectivity index (χ0) is 11.8. The van der Waals surface area contributed by atoms with Gasteiger partial charge in [-0.15, -0.1) is 0 Å². The average molecular weight is 217 g/mol. The number of nitrogens with zero attached hydrogens (tertiary/aromatic N) is 2. The molecule has 1 aromatic heterocycles. The molecule has 0 atom stereocenters. The minimum Gasteiger partial charge on any atom is -0.462 e. The Morgan fingerprint density at radius 3 is 2.88 bits per heavy atom. The Labute approximate surface area is 93.4 Å². The average Bonchev–Trinajstić information content (AvgIpc) is 2.31. The molecule has 1 N–H and O–H groups in total. The van der Waals surface area contributed by atoms with Crippen LogP contribution in [0.25, 0.3) is 0 Å². The molecule has 1 heterocycles. The molecule has 0 radical (unpaired) electrons. The summed E-state index contributed by atoms with van der Waals surface area (Å²) in [5, 5.41) is 11.5. The number of aromatic nitrogens is 1. The summed E-state index contributed by atoms with van der Waals surface area (Å²) < 4.78 is 4.70. The lowest BCUT2D eigenvalue weighted by Gasteiger charge is -2.01. The van der Waals surface area contributed by atoms with Crippen LogP contribution in [-0.2, 0) is 9.53 Å². The molecule has 0 spiro atoms. The topological polar surface area (TPSA) is 75.0 Å². The molecule has 0 aliphatic rings. The van der Waals surface area contributed by atoms with Crippen LogP contribution in [-0.4, -0.2) is 17.6 Å². The predicted molar refractivity (Wildman–Crippen MR) is 58.2 cm³/mol. The Hall–Kier alpha value is -2.35. The van der Waals surface area contributed by atoms with Crippen LogP contribution in [0.4, 0.5) is 5.69 Å². The molecule has 0 aliphatic heterocycles. The third-order valence-electron chi connectivity index (χ3n) is 1.68. The zero-order valence-electron chi connectivity index (χ0n) is 8.80. The van der Waals surface area contributed by atoms with E-state index in [9.17, 15) is 4.79 Å². The number of pyridine rings is 1. The first-order chi connectivity index (χ1) is 7.77. The summed E-state index contributed by atoms with van der Waals surface area (Å²) in [5.74, 6) is -0.633. The zero-order valence-corrected chi connectivity index (χ0v) is 8.80. The molecular formula is C11H11N3O2. The van der Waals surface area contributed by atoms with E-state index in [1.54, 1.807) is 37.5 Å². The summed E-state index contributed by atoms with van der Waals surface area (Å²) in [5.41, 5.74) is 0.672. The van der Waals surface area contributed by atoms with E-state index >= 15 is 0 Å². The van der Waals surface area contributed by atoms with Gasteiger partial charge in [0, 0.05) is 24.3 Å². The summed E-state index contributed by atoms with van der Waals surface area (Å²) in [4.78, 5) is 15.1. The van der Waals surface area contributed by atoms with Crippen LogP contribution in [0.3, 0.4) is 0 Å². The highest BCUT2D eigenvalue weighted by atomic mass is 16.5. The van der Waals surface area contributed by atoms with Gasteiger partial charge in [-0.3, -0.25) is 4.98 Å². The Balaban J connectivity index is 2.68. The van der Waals surface area contributed by atoms with E-state index in [0.717, 1.165) is 5.69 Å². The molecule has 1 aromatic rings. The number of carbonyl (C=O) groups excluding carboxylic acids is 1. The van der Waals surface area contributed by atoms with E-state index in [4.69, 9.17) is 10.00 Å². The maximum atomic E-state index is 11.2. The number of carbonyl (C=O) groups is 1. The van der Waals surface area contributed by atoms with Crippen molar-refractivity contribution in [3.05, 3.63) is 36.3 Å². The number of rotatable bonds is 4. The summed E-state index contributed by atoms with van der Waals surface area (Å²) in [7, 11) is 0. The molecule has 5 heteroatoms. The lowest BCUT2D eigenvalue weighted by molar-refractivity contribution is -0.138. The third kappa shape index (κ3) is 3.42. The second-order valence-corrected chi connectivity index (χ2v) is 2.77. The first-order valence-electron chi connectivity index (χ1n) is 4.72. The lowest BCUT2D eigenvalue weighted by atomic mass is 10.3. The van der Waals surface area contributed by atoms with Crippen LogP contribution < -0.4 is 5.32 Å². The molecule has 0 unspecified atom stereocenters. The fourth-order valence-electron chi connectivity index (χ4n) is 0.949. The van der Waals surface area contributed by atoms with E-state index in [1.165, 1.54) is 6.20 Å². The molecule has 0 saturated heterocycles. The quantitative estimate of drug-likeness (QED) is 0.469. The van der Waals surface area contributed by atoms with Crippen LogP contribution in [0.1, 0.15) is 6.92 Å². The van der Waals surface area contributed by atoms with E-state index < -0.39 is 5.97 Å². The second-order valence-electron chi connectivity index (χ2n) is 2.77. The van der Waals surface area contributed by atoms with Gasteiger partial charge in [0.1, 0.15) is 6.07 Å². The highest BCUT2D eigenvalue weighted by Gasteiger charge is 2.08. The molecule has 0 bridgehead atoms. The Morgan fingerprint density at radius 2 is 2.31 bits per heavy atom. The summed E-state index contributed by atoms with van der Waals surface area (Å²) in [6.07, 6.45) is 4.52. The van der Waals surface area contributed by atoms with Crippen molar-refractivity contribution in [1.29, 1.82) is 5.26 Å². The first kappa shape index (κ1) is 11.7. The molecule has 1 rings (SSSR count). The molecule has 5 nitrogen and oxygen atoms in total. The van der Waals surface area contributed by atoms with Gasteiger partial charge in [0.15, 0.2) is 5.57 Å². The first-order valence-corrected chi connectivity index (χ1v) is 4.72. The SMILES string of the molecule is CCOC(=O)C(C#N)=CNc1ccncc1. The van der Waals surface area contributed by atoms with Crippen molar-refractivity contribution in [2.24, 2.45) is 0 Å². The summed E-state index contributed by atoms with van der Waals surface area (Å²) in [6.45, 7) is 1.93. The number of anilines is 1. The number of nitrogens with one attached hydrogen (secondary N) is 1. The van der Waals surface area contributed by atoms with Crippen molar-refractivity contribution in [3.8, 4) is 6.07 Å². The molecule has 16 heavy (non-hydrogen) atoms. The number of hydrogen-bond acceptors (Lipinski definition) is 5. The van der Waals surface area contributed by atoms with Gasteiger partial charge in [-0.1, -0.05) is 0 Å². The fraction of sp³-hybridized carbons (Fsp3) is 0.182. The van der Waals surface area contributed by atoms with Crippen LogP contribution in [0.15, 0.2) is 36.3 Å². The van der Waals surface area contributed by atoms with E-state index in [2.05, 4.69) is 10.3 Å². The standard InChI is InChI=1S/C11H11N3O2/c1-2-16-11(15)9(7-12)8-14-10-3-5-13-6-4-10/h3-6,8H,2H2,1H3,(H,13,14). The smallest absolute Gasteiger partial charge is 0.350 e. The molecule has 0 amide bonds. The minimum absolute atomic E-state index is 0.0707. The van der Waals surface area contributed by atoms with Gasteiger partial charge in [0.25, 0.3) is 0 Å². The van der Waals surface area contributed by atoms with Crippen molar-refractivity contribution in [2.75, 3.05) is 11.9 Å². The molecule has 0 aromatic carbocycles. The van der Waals surface area contributed by atoms with Crippen molar-refractivity contribution >= 4 is 11.7 Å². The Kier molecular flexibility index (Phi) is 4.54. The van der Waals surface area contributed by atoms with E-state index in [1.807, 2.05) is 0 Å². The second kappa shape index (κ2) is 6.19. The van der Waals surface area contributed by atoms with Crippen molar-refractivity contribution in [3.63, 3.8) is 0 Å². The minimum atomic E-state index is -0.633. The van der Waals surface area contributed by atoms with Crippen LogP contribution in [0.5, 0.6) is 0 Å². The van der Waals surface area contributed by atoms with Gasteiger partial charge in [-0.05, 0) is 19.1 Å². The predicted octanol–water partition coefficient (Wildman–Crippen LogP) is 1.46. The third-order valence-corrected chi connectivity index (χ3v) is 1.68. The largest absolute Gasteiger partial charge is 0.462 e. The molecule has 0 fully saturated rings. The van der Waals surface area contributed by atoms with Gasteiger partial charge < -0.3 is 10.1 Å². The lowest BCUT2D eigenvalue weighted by Crippen LogP contribution is -2.07. The molecular weight excluding hydrogens is 206 g/mol. The highest BCUT2D eigenvalue weighted by Crippen LogP contribution is 2.05. The van der Waals surface area contributed by atoms with Gasteiger partial charge in [0.05, 0.1) is 6.61 Å². The Morgan fingerprint density at radius 1 is 1.62 bits per heavy atom. The Bertz CT molecular complexity index is 421. The van der Waals surface area contributed by atoms with Crippen LogP contribution in [0.2, 0.25) is 0 Å². The number of hydrogen-bond donors (Lipinski definition) is 1. The monoisotopic (exact) mass is 217 g/mol. The number of nitriles is 1. The van der Waals surface area contributed by atoms with Gasteiger partial charge >= 0.3 is 5.97 Å². The summed E-state index contributed by atoms with van der Waals surface area (Å²) in [6, 6.07) is 5.20. The van der Waals surface area contributed by atoms with E-state index in [0.29, 0.717) is 0 Å². The van der Waals surface area contributed by atoms with Crippen molar-refractivity contribution in [1.82, 2.24) is 4.98 Å². The summed E-state index contributed by atoms with van der Waals surface area (Å²) >= 11 is 0. The maximum Gasteiger partial charge on any atom is 0.350 e. The van der Waals surface area contributed by atoms with Crippen molar-refractivity contribution < 1.29 is 9.53 Å². The van der Waals surface area contributed by atoms with Crippen LogP contribution >= 0.6 is 0 Å². The number of esters is 1. The van der Waals surface area contributed by atoms with Gasteiger partial charge in [-0.2, -0.15) is 5.26 Å². The maximum absolute atomic E-state index is 11.2. The molecule has 0 aliphatic carbocycles. The van der Waals surface area contributed by atoms with Gasteiger partial charge in [-0.25, -0.2) is 4.79 Å². The molecule has 0 saturated carbocycles. The van der Waals surface area contributed by atoms with Crippen LogP contribution in [0, 0.1) is 11.3 Å². The number of ether oxygens (including phenoxy) is 1.